The number of ketones is 1. The molecule has 1 unspecified atom stereocenters. The third-order valence-electron chi connectivity index (χ3n) is 3.46. The first-order valence-corrected chi connectivity index (χ1v) is 8.22. The molecular formula is C17H22N4O5. The Morgan fingerprint density at radius 2 is 2.23 bits per heavy atom. The van der Waals surface area contributed by atoms with Gasteiger partial charge in [0.25, 0.3) is 0 Å². The minimum Gasteiger partial charge on any atom is -0.444 e. The molecular weight excluding hydrogens is 340 g/mol. The Kier molecular flexibility index (Phi) is 6.60. The van der Waals surface area contributed by atoms with Gasteiger partial charge in [0.1, 0.15) is 11.7 Å². The van der Waals surface area contributed by atoms with E-state index in [0.717, 1.165) is 0 Å². The summed E-state index contributed by atoms with van der Waals surface area (Å²) in [5.74, 6) is -0.498. The predicted octanol–water partition coefficient (Wildman–Crippen LogP) is 1.20. The van der Waals surface area contributed by atoms with Gasteiger partial charge in [-0.3, -0.25) is 4.79 Å². The highest BCUT2D eigenvalue weighted by atomic mass is 16.6. The van der Waals surface area contributed by atoms with Crippen LogP contribution in [0.5, 0.6) is 0 Å². The van der Waals surface area contributed by atoms with Gasteiger partial charge >= 0.3 is 6.09 Å². The Balaban J connectivity index is 1.88. The molecule has 1 saturated heterocycles. The minimum absolute atomic E-state index is 0.00176. The number of aromatic nitrogens is 2. The normalized spacial score (nSPS) is 18.7. The van der Waals surface area contributed by atoms with E-state index >= 15 is 0 Å². The molecule has 140 valence electrons. The van der Waals surface area contributed by atoms with E-state index in [9.17, 15) is 14.9 Å². The maximum atomic E-state index is 12.2. The number of hydrogen-bond acceptors (Lipinski definition) is 8. The smallest absolute Gasteiger partial charge is 0.410 e. The number of nitriles is 1. The first-order valence-electron chi connectivity index (χ1n) is 8.22. The molecule has 1 aliphatic heterocycles. The second kappa shape index (κ2) is 8.69. The molecule has 26 heavy (non-hydrogen) atoms. The highest BCUT2D eigenvalue weighted by molar-refractivity contribution is 6.00. The lowest BCUT2D eigenvalue weighted by molar-refractivity contribution is -0.0758. The van der Waals surface area contributed by atoms with Crippen molar-refractivity contribution in [3.63, 3.8) is 0 Å². The van der Waals surface area contributed by atoms with Crippen LogP contribution in [-0.2, 0) is 14.2 Å². The van der Waals surface area contributed by atoms with Crippen LogP contribution in [0.1, 0.15) is 31.1 Å². The zero-order valence-electron chi connectivity index (χ0n) is 15.0. The Hall–Kier alpha value is -2.57. The SMILES string of the molecule is CC(C)(C)OC(=O)N1CCO[C@H](COC(C#N)C(=O)c2ccnnc2)C1. The van der Waals surface area contributed by atoms with Crippen molar-refractivity contribution >= 4 is 11.9 Å². The van der Waals surface area contributed by atoms with Crippen LogP contribution in [0.15, 0.2) is 18.5 Å². The largest absolute Gasteiger partial charge is 0.444 e. The molecule has 0 bridgehead atoms. The number of morpholine rings is 1. The molecule has 0 N–H and O–H groups in total. The summed E-state index contributed by atoms with van der Waals surface area (Å²) in [6.07, 6.45) is 0.485. The average Bonchev–Trinajstić information content (AvgIpc) is 2.61. The van der Waals surface area contributed by atoms with Gasteiger partial charge in [0, 0.05) is 12.1 Å². The van der Waals surface area contributed by atoms with E-state index in [1.165, 1.54) is 23.4 Å². The van der Waals surface area contributed by atoms with E-state index in [2.05, 4.69) is 10.2 Å². The molecule has 1 fully saturated rings. The van der Waals surface area contributed by atoms with E-state index in [1.807, 2.05) is 6.07 Å². The van der Waals surface area contributed by atoms with Crippen molar-refractivity contribution in [3.8, 4) is 6.07 Å². The summed E-state index contributed by atoms with van der Waals surface area (Å²) in [5, 5.41) is 16.4. The zero-order valence-corrected chi connectivity index (χ0v) is 15.0. The lowest BCUT2D eigenvalue weighted by Crippen LogP contribution is -2.49. The van der Waals surface area contributed by atoms with Crippen LogP contribution < -0.4 is 0 Å². The first-order chi connectivity index (χ1) is 12.3. The van der Waals surface area contributed by atoms with Crippen molar-refractivity contribution in [2.24, 2.45) is 0 Å². The van der Waals surface area contributed by atoms with E-state index < -0.39 is 29.7 Å². The van der Waals surface area contributed by atoms with E-state index in [4.69, 9.17) is 14.2 Å². The Morgan fingerprint density at radius 3 is 2.85 bits per heavy atom. The number of nitrogens with zero attached hydrogens (tertiary/aromatic N) is 4. The molecule has 1 amide bonds. The molecule has 2 rings (SSSR count). The van der Waals surface area contributed by atoms with Crippen molar-refractivity contribution in [2.75, 3.05) is 26.3 Å². The third kappa shape index (κ3) is 5.75. The number of Topliss-reactive ketones (excluding diaryl/α,β-unsaturated/α-hetero) is 1. The molecule has 1 aliphatic rings. The predicted molar refractivity (Wildman–Crippen MR) is 89.3 cm³/mol. The zero-order chi connectivity index (χ0) is 19.2. The van der Waals surface area contributed by atoms with Gasteiger partial charge in [-0.15, -0.1) is 0 Å². The fourth-order valence-corrected chi connectivity index (χ4v) is 2.28. The summed E-state index contributed by atoms with van der Waals surface area (Å²) >= 11 is 0. The van der Waals surface area contributed by atoms with Crippen LogP contribution >= 0.6 is 0 Å². The summed E-state index contributed by atoms with van der Waals surface area (Å²) in [5.41, 5.74) is -0.343. The Morgan fingerprint density at radius 1 is 1.46 bits per heavy atom. The molecule has 9 heteroatoms. The first kappa shape index (κ1) is 19.8. The van der Waals surface area contributed by atoms with Crippen molar-refractivity contribution in [1.29, 1.82) is 5.26 Å². The van der Waals surface area contributed by atoms with Gasteiger partial charge in [-0.1, -0.05) is 0 Å². The molecule has 0 spiro atoms. The van der Waals surface area contributed by atoms with E-state index in [-0.39, 0.29) is 18.7 Å². The highest BCUT2D eigenvalue weighted by Crippen LogP contribution is 2.14. The molecule has 0 aromatic carbocycles. The fourth-order valence-electron chi connectivity index (χ4n) is 2.28. The van der Waals surface area contributed by atoms with E-state index in [0.29, 0.717) is 13.2 Å². The minimum atomic E-state index is -1.28. The van der Waals surface area contributed by atoms with Crippen molar-refractivity contribution in [1.82, 2.24) is 15.1 Å². The second-order valence-electron chi connectivity index (χ2n) is 6.76. The number of hydrogen-bond donors (Lipinski definition) is 0. The Bertz CT molecular complexity index is 668. The van der Waals surface area contributed by atoms with Crippen LogP contribution in [0.4, 0.5) is 4.79 Å². The van der Waals surface area contributed by atoms with E-state index in [1.54, 1.807) is 20.8 Å². The molecule has 1 aromatic rings. The monoisotopic (exact) mass is 362 g/mol. The van der Waals surface area contributed by atoms with Crippen molar-refractivity contribution in [3.05, 3.63) is 24.0 Å². The summed E-state index contributed by atoms with van der Waals surface area (Å²) in [6.45, 7) is 6.39. The summed E-state index contributed by atoms with van der Waals surface area (Å²) < 4.78 is 16.3. The lowest BCUT2D eigenvalue weighted by Gasteiger charge is -2.34. The molecule has 0 radical (unpaired) electrons. The molecule has 0 aliphatic carbocycles. The van der Waals surface area contributed by atoms with Gasteiger partial charge in [0.2, 0.25) is 11.9 Å². The quantitative estimate of drug-likeness (QED) is 0.718. The maximum Gasteiger partial charge on any atom is 0.410 e. The van der Waals surface area contributed by atoms with Crippen LogP contribution in [0.2, 0.25) is 0 Å². The molecule has 2 heterocycles. The average molecular weight is 362 g/mol. The van der Waals surface area contributed by atoms with Crippen LogP contribution in [0.3, 0.4) is 0 Å². The summed E-state index contributed by atoms with van der Waals surface area (Å²) in [4.78, 5) is 25.9. The standard InChI is InChI=1S/C17H22N4O5/c1-17(2,3)26-16(23)21-6-7-24-13(10-21)11-25-14(8-18)15(22)12-4-5-19-20-9-12/h4-5,9,13-14H,6-7,10-11H2,1-3H3/t13-,14?/m0/s1. The van der Waals surface area contributed by atoms with Gasteiger partial charge in [0.05, 0.1) is 38.3 Å². The second-order valence-corrected chi connectivity index (χ2v) is 6.76. The highest BCUT2D eigenvalue weighted by Gasteiger charge is 2.30. The van der Waals surface area contributed by atoms with Crippen LogP contribution in [0, 0.1) is 11.3 Å². The number of carbonyl (C=O) groups excluding carboxylic acids is 2. The summed E-state index contributed by atoms with van der Waals surface area (Å²) in [7, 11) is 0. The van der Waals surface area contributed by atoms with Gasteiger partial charge in [-0.2, -0.15) is 15.5 Å². The van der Waals surface area contributed by atoms with Crippen LogP contribution in [-0.4, -0.2) is 71.1 Å². The van der Waals surface area contributed by atoms with Crippen molar-refractivity contribution < 1.29 is 23.8 Å². The Labute approximate surface area is 151 Å². The lowest BCUT2D eigenvalue weighted by atomic mass is 10.1. The number of ether oxygens (including phenoxy) is 3. The number of carbonyl (C=O) groups is 2. The maximum absolute atomic E-state index is 12.2. The fraction of sp³-hybridized carbons (Fsp3) is 0.588. The molecule has 2 atom stereocenters. The molecule has 1 aromatic heterocycles. The molecule has 0 saturated carbocycles. The number of amides is 1. The van der Waals surface area contributed by atoms with Gasteiger partial charge in [0.15, 0.2) is 0 Å². The summed E-state index contributed by atoms with van der Waals surface area (Å²) in [6, 6.07) is 3.29. The van der Waals surface area contributed by atoms with Gasteiger partial charge in [-0.05, 0) is 26.8 Å². The topological polar surface area (TPSA) is 115 Å². The third-order valence-corrected chi connectivity index (χ3v) is 3.46. The van der Waals surface area contributed by atoms with Crippen LogP contribution in [0.25, 0.3) is 0 Å². The molecule has 9 nitrogen and oxygen atoms in total. The number of rotatable bonds is 5. The van der Waals surface area contributed by atoms with Gasteiger partial charge < -0.3 is 19.1 Å². The van der Waals surface area contributed by atoms with Crippen molar-refractivity contribution in [2.45, 2.75) is 38.6 Å². The van der Waals surface area contributed by atoms with Gasteiger partial charge in [-0.25, -0.2) is 4.79 Å².